The molecule has 118 valence electrons. The smallest absolute Gasteiger partial charge is 0.173 e. The van der Waals surface area contributed by atoms with Gasteiger partial charge in [-0.2, -0.15) is 5.10 Å². The summed E-state index contributed by atoms with van der Waals surface area (Å²) in [5.74, 6) is 1.72. The van der Waals surface area contributed by atoms with Crippen molar-refractivity contribution < 1.29 is 9.53 Å². The molecule has 2 fully saturated rings. The lowest BCUT2D eigenvalue weighted by atomic mass is 9.95. The van der Waals surface area contributed by atoms with Gasteiger partial charge in [0.1, 0.15) is 0 Å². The number of carbonyl (C=O) groups excluding carboxylic acids is 1. The molecule has 0 aromatic carbocycles. The molecule has 0 unspecified atom stereocenters. The molecule has 1 saturated carbocycles. The van der Waals surface area contributed by atoms with E-state index in [2.05, 4.69) is 5.10 Å². The van der Waals surface area contributed by atoms with Crippen LogP contribution >= 0.6 is 0 Å². The summed E-state index contributed by atoms with van der Waals surface area (Å²) in [6.07, 6.45) is 10.3. The molecule has 1 saturated heterocycles. The minimum absolute atomic E-state index is 0.191. The molecule has 22 heavy (non-hydrogen) atoms. The molecule has 3 aliphatic rings. The molecule has 0 atom stereocenters. The van der Waals surface area contributed by atoms with Crippen LogP contribution < -0.4 is 0 Å². The van der Waals surface area contributed by atoms with Gasteiger partial charge < -0.3 is 4.74 Å². The third-order valence-electron chi connectivity index (χ3n) is 5.23. The largest absolute Gasteiger partial charge is 0.381 e. The van der Waals surface area contributed by atoms with Gasteiger partial charge in [0.25, 0.3) is 0 Å². The van der Waals surface area contributed by atoms with Crippen LogP contribution in [0.2, 0.25) is 0 Å². The van der Waals surface area contributed by atoms with Gasteiger partial charge in [-0.25, -0.2) is 9.67 Å². The first kappa shape index (κ1) is 14.1. The van der Waals surface area contributed by atoms with Crippen molar-refractivity contribution in [3.05, 3.63) is 11.8 Å². The van der Waals surface area contributed by atoms with Crippen LogP contribution in [-0.4, -0.2) is 34.5 Å². The van der Waals surface area contributed by atoms with E-state index in [9.17, 15) is 4.79 Å². The van der Waals surface area contributed by atoms with Crippen molar-refractivity contribution in [3.8, 4) is 0 Å². The van der Waals surface area contributed by atoms with Gasteiger partial charge in [-0.15, -0.1) is 0 Å². The van der Waals surface area contributed by atoms with E-state index in [1.54, 1.807) is 6.20 Å². The molecular weight excluding hydrogens is 278 g/mol. The predicted molar refractivity (Wildman–Crippen MR) is 83.9 cm³/mol. The zero-order valence-corrected chi connectivity index (χ0v) is 13.0. The number of aromatic nitrogens is 2. The van der Waals surface area contributed by atoms with Crippen LogP contribution in [0, 0.1) is 5.92 Å². The second-order valence-electron chi connectivity index (χ2n) is 6.80. The Kier molecular flexibility index (Phi) is 3.82. The van der Waals surface area contributed by atoms with E-state index < -0.39 is 0 Å². The zero-order chi connectivity index (χ0) is 14.9. The van der Waals surface area contributed by atoms with Gasteiger partial charge in [0.05, 0.1) is 17.8 Å². The molecule has 0 spiro atoms. The summed E-state index contributed by atoms with van der Waals surface area (Å²) in [7, 11) is 0. The maximum atomic E-state index is 12.4. The molecule has 4 rings (SSSR count). The van der Waals surface area contributed by atoms with E-state index in [4.69, 9.17) is 9.73 Å². The van der Waals surface area contributed by atoms with Crippen LogP contribution in [0.3, 0.4) is 0 Å². The number of aliphatic imine (C=N–C) groups is 1. The van der Waals surface area contributed by atoms with E-state index in [-0.39, 0.29) is 5.78 Å². The van der Waals surface area contributed by atoms with E-state index in [0.717, 1.165) is 49.9 Å². The standard InChI is InChI=1S/C17H23N3O2/c21-16-10-13(9-12-3-1-2-4-12)19-17-15(16)11-18-20(17)14-5-7-22-8-6-14/h11-12,14H,1-10H2. The summed E-state index contributed by atoms with van der Waals surface area (Å²) < 4.78 is 7.40. The van der Waals surface area contributed by atoms with Crippen LogP contribution in [0.4, 0.5) is 5.82 Å². The average molecular weight is 301 g/mol. The van der Waals surface area contributed by atoms with E-state index >= 15 is 0 Å². The number of fused-ring (bicyclic) bond motifs is 1. The van der Waals surface area contributed by atoms with Crippen molar-refractivity contribution in [2.75, 3.05) is 13.2 Å². The Morgan fingerprint density at radius 2 is 1.95 bits per heavy atom. The molecule has 1 aromatic heterocycles. The number of hydrogen-bond donors (Lipinski definition) is 0. The SMILES string of the molecule is O=C1CC(CC2CCCC2)=Nc2c1cnn2C1CCOCC1. The second kappa shape index (κ2) is 5.95. The Bertz CT molecular complexity index is 593. The molecule has 0 bridgehead atoms. The summed E-state index contributed by atoms with van der Waals surface area (Å²) in [6.45, 7) is 1.54. The Morgan fingerprint density at radius 1 is 1.18 bits per heavy atom. The van der Waals surface area contributed by atoms with Gasteiger partial charge in [-0.3, -0.25) is 4.79 Å². The molecule has 5 heteroatoms. The molecule has 0 N–H and O–H groups in total. The minimum Gasteiger partial charge on any atom is -0.381 e. The highest BCUT2D eigenvalue weighted by Gasteiger charge is 2.29. The fourth-order valence-electron chi connectivity index (χ4n) is 4.00. The Labute approximate surface area is 130 Å². The van der Waals surface area contributed by atoms with E-state index in [0.29, 0.717) is 18.0 Å². The summed E-state index contributed by atoms with van der Waals surface area (Å²) >= 11 is 0. The monoisotopic (exact) mass is 301 g/mol. The summed E-state index contributed by atoms with van der Waals surface area (Å²) in [4.78, 5) is 17.3. The highest BCUT2D eigenvalue weighted by atomic mass is 16.5. The number of nitrogens with zero attached hydrogens (tertiary/aromatic N) is 3. The van der Waals surface area contributed by atoms with E-state index in [1.807, 2.05) is 4.68 Å². The Morgan fingerprint density at radius 3 is 2.73 bits per heavy atom. The molecule has 0 radical (unpaired) electrons. The first-order chi connectivity index (χ1) is 10.8. The van der Waals surface area contributed by atoms with Crippen LogP contribution in [0.5, 0.6) is 0 Å². The van der Waals surface area contributed by atoms with Crippen molar-refractivity contribution in [1.82, 2.24) is 9.78 Å². The molecular formula is C17H23N3O2. The van der Waals surface area contributed by atoms with Crippen molar-refractivity contribution in [1.29, 1.82) is 0 Å². The maximum Gasteiger partial charge on any atom is 0.173 e. The highest BCUT2D eigenvalue weighted by molar-refractivity contribution is 6.15. The van der Waals surface area contributed by atoms with Gasteiger partial charge in [0.15, 0.2) is 11.6 Å². The number of ether oxygens (including phenoxy) is 1. The topological polar surface area (TPSA) is 56.5 Å². The third-order valence-corrected chi connectivity index (χ3v) is 5.23. The molecule has 0 amide bonds. The number of rotatable bonds is 3. The first-order valence-corrected chi connectivity index (χ1v) is 8.56. The predicted octanol–water partition coefficient (Wildman–Crippen LogP) is 3.47. The quantitative estimate of drug-likeness (QED) is 0.859. The lowest BCUT2D eigenvalue weighted by Gasteiger charge is -2.24. The summed E-state index contributed by atoms with van der Waals surface area (Å²) in [5.41, 5.74) is 1.78. The van der Waals surface area contributed by atoms with Gasteiger partial charge in [-0.05, 0) is 25.2 Å². The van der Waals surface area contributed by atoms with Crippen molar-refractivity contribution in [3.63, 3.8) is 0 Å². The third kappa shape index (κ3) is 2.62. The number of carbonyl (C=O) groups is 1. The van der Waals surface area contributed by atoms with Crippen LogP contribution in [-0.2, 0) is 4.74 Å². The van der Waals surface area contributed by atoms with Gasteiger partial charge >= 0.3 is 0 Å². The molecule has 1 aliphatic carbocycles. The van der Waals surface area contributed by atoms with Gasteiger partial charge in [-0.1, -0.05) is 25.7 Å². The Hall–Kier alpha value is -1.49. The number of Topliss-reactive ketones (excluding diaryl/α,β-unsaturated/α-hetero) is 1. The van der Waals surface area contributed by atoms with Crippen molar-refractivity contribution in [2.24, 2.45) is 10.9 Å². The van der Waals surface area contributed by atoms with Crippen LogP contribution in [0.15, 0.2) is 11.2 Å². The molecule has 3 heterocycles. The average Bonchev–Trinajstić information content (AvgIpc) is 3.18. The highest BCUT2D eigenvalue weighted by Crippen LogP contribution is 2.35. The maximum absolute atomic E-state index is 12.4. The van der Waals surface area contributed by atoms with Crippen LogP contribution in [0.1, 0.15) is 67.8 Å². The molecule has 2 aliphatic heterocycles. The van der Waals surface area contributed by atoms with Crippen molar-refractivity contribution in [2.45, 2.75) is 57.4 Å². The fourth-order valence-corrected chi connectivity index (χ4v) is 4.00. The second-order valence-corrected chi connectivity index (χ2v) is 6.80. The Balaban J connectivity index is 1.60. The molecule has 1 aromatic rings. The number of ketones is 1. The fraction of sp³-hybridized carbons (Fsp3) is 0.706. The lowest BCUT2D eigenvalue weighted by molar-refractivity contribution is 0.0667. The minimum atomic E-state index is 0.191. The summed E-state index contributed by atoms with van der Waals surface area (Å²) in [5, 5.41) is 4.47. The van der Waals surface area contributed by atoms with Gasteiger partial charge in [0.2, 0.25) is 0 Å². The first-order valence-electron chi connectivity index (χ1n) is 8.56. The van der Waals surface area contributed by atoms with E-state index in [1.165, 1.54) is 25.7 Å². The van der Waals surface area contributed by atoms with Crippen molar-refractivity contribution >= 4 is 17.3 Å². The zero-order valence-electron chi connectivity index (χ0n) is 13.0. The lowest BCUT2D eigenvalue weighted by Crippen LogP contribution is -2.22. The normalized spacial score (nSPS) is 23.6. The molecule has 5 nitrogen and oxygen atoms in total. The number of hydrogen-bond acceptors (Lipinski definition) is 4. The summed E-state index contributed by atoms with van der Waals surface area (Å²) in [6, 6.07) is 0.319. The van der Waals surface area contributed by atoms with Gasteiger partial charge in [0, 0.05) is 25.3 Å². The van der Waals surface area contributed by atoms with Crippen LogP contribution in [0.25, 0.3) is 0 Å².